The third-order valence-corrected chi connectivity index (χ3v) is 19.7. The number of allylic oxidation sites excluding steroid dienone is 1. The maximum atomic E-state index is 7.54. The molecule has 33 heavy (non-hydrogen) atoms. The molecule has 0 heterocycles. The van der Waals surface area contributed by atoms with E-state index in [1.165, 1.54) is 21.7 Å². The van der Waals surface area contributed by atoms with Gasteiger partial charge in [-0.1, -0.05) is 103 Å². The van der Waals surface area contributed by atoms with Gasteiger partial charge in [0.15, 0.2) is 8.32 Å². The Bertz CT molecular complexity index is 538. The highest BCUT2D eigenvalue weighted by molar-refractivity contribution is 14.1. The van der Waals surface area contributed by atoms with Crippen LogP contribution in [0.5, 0.6) is 0 Å². The van der Waals surface area contributed by atoms with Gasteiger partial charge in [0, 0.05) is 11.8 Å². The third-order valence-electron chi connectivity index (χ3n) is 8.62. The van der Waals surface area contributed by atoms with Crippen molar-refractivity contribution in [3.05, 3.63) is 9.66 Å². The van der Waals surface area contributed by atoms with Crippen molar-refractivity contribution in [3.63, 3.8) is 0 Å². The molecule has 0 aliphatic rings. The molecule has 0 aromatic heterocycles. The zero-order valence-corrected chi connectivity index (χ0v) is 28.9. The van der Waals surface area contributed by atoms with E-state index in [0.29, 0.717) is 34.4 Å². The molecular weight excluding hydrogens is 551 g/mol. The highest BCUT2D eigenvalue weighted by Crippen LogP contribution is 2.46. The summed E-state index contributed by atoms with van der Waals surface area (Å²) in [7, 11) is -3.74. The second kappa shape index (κ2) is 15.2. The van der Waals surface area contributed by atoms with Gasteiger partial charge in [-0.2, -0.15) is 0 Å². The first-order valence-corrected chi connectivity index (χ1v) is 19.6. The average Bonchev–Trinajstić information content (AvgIpc) is 2.73. The van der Waals surface area contributed by atoms with Crippen molar-refractivity contribution < 1.29 is 8.85 Å². The van der Waals surface area contributed by atoms with Gasteiger partial charge < -0.3 is 8.85 Å². The van der Waals surface area contributed by atoms with Crippen LogP contribution in [-0.2, 0) is 8.85 Å². The lowest BCUT2D eigenvalue weighted by Crippen LogP contribution is -2.55. The molecule has 0 bridgehead atoms. The Hall–Kier alpha value is 0.824. The normalized spacial score (nSPS) is 18.7. The van der Waals surface area contributed by atoms with Crippen molar-refractivity contribution in [1.82, 2.24) is 0 Å². The van der Waals surface area contributed by atoms with Crippen molar-refractivity contribution in [2.45, 2.75) is 150 Å². The molecule has 0 aromatic carbocycles. The van der Waals surface area contributed by atoms with Gasteiger partial charge in [-0.25, -0.2) is 0 Å². The predicted octanol–water partition coefficient (Wildman–Crippen LogP) is 10.6. The molecule has 5 heteroatoms. The van der Waals surface area contributed by atoms with E-state index in [1.807, 2.05) is 0 Å². The van der Waals surface area contributed by atoms with Crippen LogP contribution in [0.3, 0.4) is 0 Å². The topological polar surface area (TPSA) is 18.5 Å². The molecule has 0 saturated heterocycles. The SMILES string of the molecule is CC[C@@H](C)[C@@H](O[Si](C(C)C)(C(C)C)C(C)C)[C@H](C)[C@@H](O[Si](CC)(CC)CC)[C@H](C)/C=C(\C)I. The highest BCUT2D eigenvalue weighted by atomic mass is 127. The monoisotopic (exact) mass is 610 g/mol. The lowest BCUT2D eigenvalue weighted by molar-refractivity contribution is -0.00899. The Balaban J connectivity index is 6.57. The summed E-state index contributed by atoms with van der Waals surface area (Å²) >= 11 is 2.46. The summed E-state index contributed by atoms with van der Waals surface area (Å²) in [6.45, 7) is 33.3. The fourth-order valence-electron chi connectivity index (χ4n) is 6.24. The summed E-state index contributed by atoms with van der Waals surface area (Å²) in [6, 6.07) is 3.58. The first-order chi connectivity index (χ1) is 15.2. The Labute approximate surface area is 224 Å². The van der Waals surface area contributed by atoms with Crippen LogP contribution in [0.25, 0.3) is 0 Å². The van der Waals surface area contributed by atoms with Crippen molar-refractivity contribution in [2.24, 2.45) is 17.8 Å². The van der Waals surface area contributed by atoms with Gasteiger partial charge in [-0.05, 0) is 73.8 Å². The molecular formula is C28H59IO2Si2. The van der Waals surface area contributed by atoms with Crippen LogP contribution in [0, 0.1) is 17.8 Å². The molecule has 2 nitrogen and oxygen atoms in total. The van der Waals surface area contributed by atoms with E-state index < -0.39 is 16.6 Å². The summed E-state index contributed by atoms with van der Waals surface area (Å²) in [4.78, 5) is 0. The Morgan fingerprint density at radius 3 is 1.45 bits per heavy atom. The van der Waals surface area contributed by atoms with Gasteiger partial charge >= 0.3 is 0 Å². The van der Waals surface area contributed by atoms with Gasteiger partial charge in [-0.15, -0.1) is 0 Å². The molecule has 0 radical (unpaired) electrons. The first-order valence-electron chi connectivity index (χ1n) is 13.9. The third kappa shape index (κ3) is 8.71. The first kappa shape index (κ1) is 33.8. The van der Waals surface area contributed by atoms with Crippen LogP contribution in [0.4, 0.5) is 0 Å². The molecule has 198 valence electrons. The summed E-state index contributed by atoms with van der Waals surface area (Å²) in [6.07, 6.45) is 4.02. The van der Waals surface area contributed by atoms with Crippen LogP contribution >= 0.6 is 22.6 Å². The molecule has 0 spiro atoms. The van der Waals surface area contributed by atoms with Crippen molar-refractivity contribution in [3.8, 4) is 0 Å². The number of halogens is 1. The number of rotatable bonds is 16. The van der Waals surface area contributed by atoms with Gasteiger partial charge in [0.25, 0.3) is 0 Å². The smallest absolute Gasteiger partial charge is 0.200 e. The molecule has 5 atom stereocenters. The van der Waals surface area contributed by atoms with Crippen LogP contribution in [0.15, 0.2) is 9.66 Å². The lowest BCUT2D eigenvalue weighted by atomic mass is 9.83. The Morgan fingerprint density at radius 2 is 1.15 bits per heavy atom. The summed E-state index contributed by atoms with van der Waals surface area (Å²) < 4.78 is 16.2. The van der Waals surface area contributed by atoms with Crippen LogP contribution in [0.1, 0.15) is 103 Å². The summed E-state index contributed by atoms with van der Waals surface area (Å²) in [5, 5.41) is 0. The largest absolute Gasteiger partial charge is 0.413 e. The molecule has 0 aromatic rings. The minimum Gasteiger partial charge on any atom is -0.413 e. The Morgan fingerprint density at radius 1 is 0.727 bits per heavy atom. The molecule has 0 rings (SSSR count). The fraction of sp³-hybridized carbons (Fsp3) is 0.929. The molecule has 0 amide bonds. The van der Waals surface area contributed by atoms with Crippen molar-refractivity contribution >= 4 is 39.2 Å². The van der Waals surface area contributed by atoms with Gasteiger partial charge in [-0.3, -0.25) is 0 Å². The van der Waals surface area contributed by atoms with Gasteiger partial charge in [0.1, 0.15) is 0 Å². The zero-order chi connectivity index (χ0) is 26.1. The molecule has 0 aliphatic heterocycles. The lowest BCUT2D eigenvalue weighted by Gasteiger charge is -2.49. The van der Waals surface area contributed by atoms with E-state index >= 15 is 0 Å². The number of hydrogen-bond donors (Lipinski definition) is 0. The quantitative estimate of drug-likeness (QED) is 0.128. The standard InChI is InChI=1S/C28H59IO2Si2/c1-15-23(11)27(31-33(20(5)6,21(7)8)22(9)10)26(14)28(24(12)19-25(13)29)30-32(16-2,17-3)18-4/h19-24,26-28H,15-18H2,1-14H3/b25-19+/t23-,24-,26+,27-,28+/m1/s1. The van der Waals surface area contributed by atoms with E-state index in [9.17, 15) is 0 Å². The maximum absolute atomic E-state index is 7.54. The minimum atomic E-state index is -1.99. The van der Waals surface area contributed by atoms with Crippen molar-refractivity contribution in [1.29, 1.82) is 0 Å². The summed E-state index contributed by atoms with van der Waals surface area (Å²) in [5.41, 5.74) is 1.79. The second-order valence-corrected chi connectivity index (χ2v) is 23.4. The van der Waals surface area contributed by atoms with E-state index in [1.54, 1.807) is 0 Å². The molecule has 0 aliphatic carbocycles. The summed E-state index contributed by atoms with van der Waals surface area (Å²) in [5.74, 6) is 1.27. The van der Waals surface area contributed by atoms with E-state index in [2.05, 4.69) is 126 Å². The van der Waals surface area contributed by atoms with E-state index in [4.69, 9.17) is 8.85 Å². The highest BCUT2D eigenvalue weighted by Gasteiger charge is 2.49. The minimum absolute atomic E-state index is 0.207. The molecule has 0 unspecified atom stereocenters. The van der Waals surface area contributed by atoms with E-state index in [-0.39, 0.29) is 12.2 Å². The molecule has 0 N–H and O–H groups in total. The predicted molar refractivity (Wildman–Crippen MR) is 164 cm³/mol. The fourth-order valence-corrected chi connectivity index (χ4v) is 15.6. The van der Waals surface area contributed by atoms with Crippen LogP contribution in [-0.4, -0.2) is 28.8 Å². The molecule has 0 saturated carbocycles. The van der Waals surface area contributed by atoms with Gasteiger partial charge in [0.05, 0.1) is 12.2 Å². The van der Waals surface area contributed by atoms with E-state index in [0.717, 1.165) is 6.42 Å². The molecule has 0 fully saturated rings. The second-order valence-electron chi connectivity index (χ2n) is 11.6. The number of hydrogen-bond acceptors (Lipinski definition) is 2. The van der Waals surface area contributed by atoms with Crippen molar-refractivity contribution in [2.75, 3.05) is 0 Å². The maximum Gasteiger partial charge on any atom is 0.200 e. The van der Waals surface area contributed by atoms with Crippen LogP contribution in [0.2, 0.25) is 34.8 Å². The Kier molecular flexibility index (Phi) is 15.5. The van der Waals surface area contributed by atoms with Gasteiger partial charge in [0.2, 0.25) is 8.32 Å². The van der Waals surface area contributed by atoms with Crippen LogP contribution < -0.4 is 0 Å². The zero-order valence-electron chi connectivity index (χ0n) is 24.7. The average molecular weight is 611 g/mol.